The minimum absolute atomic E-state index is 0.275. The largest absolute Gasteiger partial charge is 0.354 e. The lowest BCUT2D eigenvalue weighted by atomic mass is 10.1. The number of H-pyrrole nitrogens is 1. The first-order valence-corrected chi connectivity index (χ1v) is 5.48. The molecule has 2 rings (SSSR count). The van der Waals surface area contributed by atoms with Gasteiger partial charge >= 0.3 is 0 Å². The van der Waals surface area contributed by atoms with Crippen LogP contribution in [0.1, 0.15) is 31.2 Å². The van der Waals surface area contributed by atoms with Gasteiger partial charge in [-0.15, -0.1) is 0 Å². The molecule has 2 heterocycles. The summed E-state index contributed by atoms with van der Waals surface area (Å²) in [6, 6.07) is 1.81. The lowest BCUT2D eigenvalue weighted by Crippen LogP contribution is -1.87. The average molecular weight is 234 g/mol. The van der Waals surface area contributed by atoms with Gasteiger partial charge in [-0.2, -0.15) is 0 Å². The second-order valence-corrected chi connectivity index (χ2v) is 4.51. The summed E-state index contributed by atoms with van der Waals surface area (Å²) in [4.78, 5) is 11.1. The van der Waals surface area contributed by atoms with Crippen molar-refractivity contribution in [3.63, 3.8) is 0 Å². The molecule has 0 fully saturated rings. The summed E-state index contributed by atoms with van der Waals surface area (Å²) in [5, 5.41) is 1.42. The molecule has 0 atom stereocenters. The minimum Gasteiger partial charge on any atom is -0.354 e. The van der Waals surface area contributed by atoms with Gasteiger partial charge in [-0.25, -0.2) is 9.83 Å². The van der Waals surface area contributed by atoms with Crippen molar-refractivity contribution in [1.29, 1.82) is 0 Å². The Morgan fingerprint density at radius 1 is 1.50 bits per heavy atom. The van der Waals surface area contributed by atoms with E-state index in [1.165, 1.54) is 0 Å². The summed E-state index contributed by atoms with van der Waals surface area (Å²) >= 11 is 6.03. The third kappa shape index (κ3) is 1.56. The molecule has 2 aromatic rings. The quantitative estimate of drug-likeness (QED) is 0.736. The van der Waals surface area contributed by atoms with Crippen LogP contribution in [0, 0.1) is 13.5 Å². The Labute approximate surface area is 99.3 Å². The third-order valence-electron chi connectivity index (χ3n) is 2.60. The van der Waals surface area contributed by atoms with Crippen LogP contribution in [0.15, 0.2) is 6.07 Å². The smallest absolute Gasteiger partial charge is 0.216 e. The van der Waals surface area contributed by atoms with Crippen molar-refractivity contribution < 1.29 is 0 Å². The number of halogens is 1. The fraction of sp³-hybridized carbons (Fsp3) is 0.333. The van der Waals surface area contributed by atoms with Crippen LogP contribution in [0.3, 0.4) is 0 Å². The zero-order valence-corrected chi connectivity index (χ0v) is 10.2. The highest BCUT2D eigenvalue weighted by atomic mass is 35.5. The number of aromatic amines is 1. The number of rotatable bonds is 1. The van der Waals surface area contributed by atoms with Crippen molar-refractivity contribution in [2.75, 3.05) is 0 Å². The lowest BCUT2D eigenvalue weighted by molar-refractivity contribution is 0.839. The van der Waals surface area contributed by atoms with Gasteiger partial charge in [0.05, 0.1) is 17.3 Å². The van der Waals surface area contributed by atoms with Crippen LogP contribution >= 0.6 is 11.6 Å². The zero-order chi connectivity index (χ0) is 11.9. The SMILES string of the molecule is [C-]#[N+]c1c(C(C)C)[nH]c2nc(C)c(Cl)cc12. The van der Waals surface area contributed by atoms with E-state index in [0.717, 1.165) is 22.4 Å². The molecule has 0 amide bonds. The van der Waals surface area contributed by atoms with Crippen molar-refractivity contribution in [3.05, 3.63) is 33.9 Å². The Kier molecular flexibility index (Phi) is 2.61. The molecule has 0 aliphatic heterocycles. The van der Waals surface area contributed by atoms with Crippen molar-refractivity contribution >= 4 is 28.3 Å². The normalized spacial score (nSPS) is 11.0. The molecular formula is C12H12ClN3. The van der Waals surface area contributed by atoms with E-state index in [2.05, 4.69) is 14.8 Å². The Balaban J connectivity index is 2.84. The fourth-order valence-corrected chi connectivity index (χ4v) is 1.88. The molecule has 1 N–H and O–H groups in total. The van der Waals surface area contributed by atoms with E-state index >= 15 is 0 Å². The topological polar surface area (TPSA) is 33.0 Å². The maximum atomic E-state index is 7.23. The minimum atomic E-state index is 0.275. The van der Waals surface area contributed by atoms with E-state index in [1.807, 2.05) is 26.8 Å². The molecule has 0 saturated carbocycles. The molecule has 0 aromatic carbocycles. The number of aryl methyl sites for hydroxylation is 1. The highest BCUT2D eigenvalue weighted by Crippen LogP contribution is 2.35. The first kappa shape index (κ1) is 11.0. The van der Waals surface area contributed by atoms with Crippen LogP contribution < -0.4 is 0 Å². The number of hydrogen-bond acceptors (Lipinski definition) is 1. The Morgan fingerprint density at radius 3 is 2.75 bits per heavy atom. The molecule has 16 heavy (non-hydrogen) atoms. The molecule has 4 heteroatoms. The number of aromatic nitrogens is 2. The van der Waals surface area contributed by atoms with Crippen LogP contribution in [0.25, 0.3) is 15.9 Å². The van der Waals surface area contributed by atoms with Crippen molar-refractivity contribution in [1.82, 2.24) is 9.97 Å². The van der Waals surface area contributed by atoms with Crippen molar-refractivity contribution in [2.24, 2.45) is 0 Å². The fourth-order valence-electron chi connectivity index (χ4n) is 1.73. The van der Waals surface area contributed by atoms with E-state index in [0.29, 0.717) is 10.7 Å². The molecule has 0 saturated heterocycles. The summed E-state index contributed by atoms with van der Waals surface area (Å²) in [7, 11) is 0. The first-order chi connectivity index (χ1) is 7.54. The van der Waals surface area contributed by atoms with Gasteiger partial charge in [-0.3, -0.25) is 0 Å². The van der Waals surface area contributed by atoms with Crippen molar-refractivity contribution in [3.8, 4) is 0 Å². The lowest BCUT2D eigenvalue weighted by Gasteiger charge is -2.00. The number of hydrogen-bond donors (Lipinski definition) is 1. The van der Waals surface area contributed by atoms with Crippen molar-refractivity contribution in [2.45, 2.75) is 26.7 Å². The Hall–Kier alpha value is -1.53. The zero-order valence-electron chi connectivity index (χ0n) is 9.43. The second kappa shape index (κ2) is 3.80. The van der Waals surface area contributed by atoms with Gasteiger partial charge in [-0.1, -0.05) is 25.4 Å². The number of pyridine rings is 1. The standard InChI is InChI=1S/C12H12ClN3/c1-6(2)10-11(14-4)8-5-9(13)7(3)15-12(8)16-10/h5-6H,1-3H3,(H,15,16). The number of nitrogens with zero attached hydrogens (tertiary/aromatic N) is 2. The first-order valence-electron chi connectivity index (χ1n) is 5.10. The van der Waals surface area contributed by atoms with Gasteiger partial charge in [0.15, 0.2) is 0 Å². The molecule has 3 nitrogen and oxygen atoms in total. The van der Waals surface area contributed by atoms with Crippen LogP contribution in [0.4, 0.5) is 5.69 Å². The Morgan fingerprint density at radius 2 is 2.19 bits per heavy atom. The predicted octanol–water partition coefficient (Wildman–Crippen LogP) is 4.20. The molecule has 82 valence electrons. The van der Waals surface area contributed by atoms with Gasteiger partial charge < -0.3 is 4.98 Å². The predicted molar refractivity (Wildman–Crippen MR) is 66.2 cm³/mol. The summed E-state index contributed by atoms with van der Waals surface area (Å²) in [5.41, 5.74) is 3.09. The van der Waals surface area contributed by atoms with Crippen LogP contribution in [-0.4, -0.2) is 9.97 Å². The number of nitrogens with one attached hydrogen (secondary N) is 1. The molecule has 0 aliphatic carbocycles. The van der Waals surface area contributed by atoms with E-state index in [1.54, 1.807) is 0 Å². The van der Waals surface area contributed by atoms with Crippen LogP contribution in [0.2, 0.25) is 5.02 Å². The van der Waals surface area contributed by atoms with Gasteiger partial charge in [0, 0.05) is 11.1 Å². The summed E-state index contributed by atoms with van der Waals surface area (Å²) < 4.78 is 0. The van der Waals surface area contributed by atoms with E-state index in [-0.39, 0.29) is 5.92 Å². The summed E-state index contributed by atoms with van der Waals surface area (Å²) in [6.07, 6.45) is 0. The summed E-state index contributed by atoms with van der Waals surface area (Å²) in [5.74, 6) is 0.275. The molecular weight excluding hydrogens is 222 g/mol. The molecule has 0 unspecified atom stereocenters. The van der Waals surface area contributed by atoms with Gasteiger partial charge in [-0.05, 0) is 18.9 Å². The Bertz CT molecular complexity index is 590. The number of fused-ring (bicyclic) bond motifs is 1. The molecule has 0 aliphatic rings. The van der Waals surface area contributed by atoms with E-state index < -0.39 is 0 Å². The van der Waals surface area contributed by atoms with Crippen LogP contribution in [-0.2, 0) is 0 Å². The highest BCUT2D eigenvalue weighted by Gasteiger charge is 2.16. The monoisotopic (exact) mass is 233 g/mol. The summed E-state index contributed by atoms with van der Waals surface area (Å²) in [6.45, 7) is 13.2. The average Bonchev–Trinajstić information content (AvgIpc) is 2.57. The van der Waals surface area contributed by atoms with Crippen LogP contribution in [0.5, 0.6) is 0 Å². The van der Waals surface area contributed by atoms with E-state index in [9.17, 15) is 0 Å². The second-order valence-electron chi connectivity index (χ2n) is 4.11. The van der Waals surface area contributed by atoms with Gasteiger partial charge in [0.2, 0.25) is 5.69 Å². The molecule has 2 aromatic heterocycles. The third-order valence-corrected chi connectivity index (χ3v) is 2.99. The van der Waals surface area contributed by atoms with E-state index in [4.69, 9.17) is 18.2 Å². The molecule has 0 bridgehead atoms. The molecule has 0 spiro atoms. The van der Waals surface area contributed by atoms with Gasteiger partial charge in [0.1, 0.15) is 5.65 Å². The maximum absolute atomic E-state index is 7.23. The van der Waals surface area contributed by atoms with Gasteiger partial charge in [0.25, 0.3) is 0 Å². The molecule has 0 radical (unpaired) electrons. The maximum Gasteiger partial charge on any atom is 0.216 e. The highest BCUT2D eigenvalue weighted by molar-refractivity contribution is 6.32.